The van der Waals surface area contributed by atoms with Gasteiger partial charge in [-0.3, -0.25) is 0 Å². The summed E-state index contributed by atoms with van der Waals surface area (Å²) in [6, 6.07) is 11.5. The van der Waals surface area contributed by atoms with Crippen molar-refractivity contribution < 1.29 is 19.1 Å². The quantitative estimate of drug-likeness (QED) is 0.794. The molecule has 0 bridgehead atoms. The van der Waals surface area contributed by atoms with Crippen LogP contribution in [0.3, 0.4) is 0 Å². The van der Waals surface area contributed by atoms with Crippen molar-refractivity contribution in [2.24, 2.45) is 0 Å². The van der Waals surface area contributed by atoms with E-state index in [1.807, 2.05) is 0 Å². The van der Waals surface area contributed by atoms with E-state index >= 15 is 0 Å². The van der Waals surface area contributed by atoms with Crippen LogP contribution in [0.25, 0.3) is 11.1 Å². The van der Waals surface area contributed by atoms with Gasteiger partial charge in [-0.25, -0.2) is 9.78 Å². The molecule has 6 heteroatoms. The van der Waals surface area contributed by atoms with Gasteiger partial charge in [0.05, 0.1) is 5.56 Å². The molecular formula is C15H10ClNO4. The Hall–Kier alpha value is -2.53. The molecular weight excluding hydrogens is 294 g/mol. The molecule has 0 spiro atoms. The van der Waals surface area contributed by atoms with Crippen molar-refractivity contribution in [3.63, 3.8) is 0 Å². The third-order valence-corrected chi connectivity index (χ3v) is 3.11. The maximum absolute atomic E-state index is 10.9. The number of carboxylic acids is 1. The summed E-state index contributed by atoms with van der Waals surface area (Å²) >= 11 is 5.79. The zero-order valence-electron chi connectivity index (χ0n) is 10.7. The Morgan fingerprint density at radius 3 is 2.71 bits per heavy atom. The Morgan fingerprint density at radius 2 is 2.00 bits per heavy atom. The van der Waals surface area contributed by atoms with Gasteiger partial charge in [-0.2, -0.15) is 0 Å². The van der Waals surface area contributed by atoms with Crippen LogP contribution in [-0.2, 0) is 6.61 Å². The summed E-state index contributed by atoms with van der Waals surface area (Å²) in [5, 5.41) is 9.56. The molecule has 2 aromatic carbocycles. The lowest BCUT2D eigenvalue weighted by Gasteiger charge is -2.02. The van der Waals surface area contributed by atoms with Gasteiger partial charge in [0.1, 0.15) is 11.3 Å². The van der Waals surface area contributed by atoms with Crippen LogP contribution in [0.4, 0.5) is 0 Å². The molecule has 0 amide bonds. The molecule has 0 saturated heterocycles. The van der Waals surface area contributed by atoms with Gasteiger partial charge in [0.2, 0.25) is 5.89 Å². The maximum atomic E-state index is 10.9. The Kier molecular flexibility index (Phi) is 3.50. The number of hydrogen-bond acceptors (Lipinski definition) is 4. The Morgan fingerprint density at radius 1 is 1.24 bits per heavy atom. The number of oxazole rings is 1. The molecule has 21 heavy (non-hydrogen) atoms. The van der Waals surface area contributed by atoms with Gasteiger partial charge in [-0.15, -0.1) is 0 Å². The highest BCUT2D eigenvalue weighted by Gasteiger charge is 2.10. The standard InChI is InChI=1S/C15H10ClNO4/c16-10-2-4-11(5-3-10)20-8-14-17-12-6-1-9(15(18)19)7-13(12)21-14/h1-7H,8H2,(H,18,19). The van der Waals surface area contributed by atoms with Crippen molar-refractivity contribution in [3.05, 3.63) is 58.9 Å². The number of hydrogen-bond donors (Lipinski definition) is 1. The van der Waals surface area contributed by atoms with Crippen molar-refractivity contribution in [1.82, 2.24) is 4.98 Å². The molecule has 0 fully saturated rings. The van der Waals surface area contributed by atoms with Crippen molar-refractivity contribution >= 4 is 28.7 Å². The fourth-order valence-electron chi connectivity index (χ4n) is 1.84. The molecule has 0 aliphatic carbocycles. The minimum Gasteiger partial charge on any atom is -0.484 e. The van der Waals surface area contributed by atoms with Gasteiger partial charge >= 0.3 is 5.97 Å². The molecule has 1 heterocycles. The van der Waals surface area contributed by atoms with Crippen LogP contribution in [0.1, 0.15) is 16.2 Å². The molecule has 5 nitrogen and oxygen atoms in total. The molecule has 3 aromatic rings. The fourth-order valence-corrected chi connectivity index (χ4v) is 1.97. The van der Waals surface area contributed by atoms with Crippen LogP contribution in [0.2, 0.25) is 5.02 Å². The number of aromatic carboxylic acids is 1. The average molecular weight is 304 g/mol. The van der Waals surface area contributed by atoms with E-state index in [4.69, 9.17) is 25.9 Å². The molecule has 0 aliphatic rings. The van der Waals surface area contributed by atoms with Gasteiger partial charge in [0.15, 0.2) is 12.2 Å². The van der Waals surface area contributed by atoms with E-state index in [0.717, 1.165) is 0 Å². The summed E-state index contributed by atoms with van der Waals surface area (Å²) in [6.45, 7) is 0.152. The van der Waals surface area contributed by atoms with Gasteiger partial charge in [-0.05, 0) is 42.5 Å². The molecule has 0 atom stereocenters. The van der Waals surface area contributed by atoms with Crippen LogP contribution in [0.15, 0.2) is 46.9 Å². The Labute approximate surface area is 124 Å². The van der Waals surface area contributed by atoms with Crippen LogP contribution in [-0.4, -0.2) is 16.1 Å². The van der Waals surface area contributed by atoms with E-state index in [2.05, 4.69) is 4.98 Å². The highest BCUT2D eigenvalue weighted by Crippen LogP contribution is 2.20. The summed E-state index contributed by atoms with van der Waals surface area (Å²) in [5.74, 6) is 0.0163. The second-order valence-corrected chi connectivity index (χ2v) is 4.77. The van der Waals surface area contributed by atoms with Crippen molar-refractivity contribution in [2.45, 2.75) is 6.61 Å². The van der Waals surface area contributed by atoms with Crippen LogP contribution in [0, 0.1) is 0 Å². The number of carbonyl (C=O) groups is 1. The predicted molar refractivity (Wildman–Crippen MR) is 76.8 cm³/mol. The maximum Gasteiger partial charge on any atom is 0.335 e. The normalized spacial score (nSPS) is 10.7. The van der Waals surface area contributed by atoms with E-state index in [-0.39, 0.29) is 12.2 Å². The summed E-state index contributed by atoms with van der Waals surface area (Å²) in [6.07, 6.45) is 0. The topological polar surface area (TPSA) is 72.6 Å². The number of ether oxygens (including phenoxy) is 1. The van der Waals surface area contributed by atoms with Crippen molar-refractivity contribution in [3.8, 4) is 5.75 Å². The number of halogens is 1. The summed E-state index contributed by atoms with van der Waals surface area (Å²) < 4.78 is 11.0. The van der Waals surface area contributed by atoms with E-state index in [1.165, 1.54) is 12.1 Å². The molecule has 0 saturated carbocycles. The lowest BCUT2D eigenvalue weighted by molar-refractivity contribution is 0.0697. The second kappa shape index (κ2) is 5.46. The first kappa shape index (κ1) is 13.5. The average Bonchev–Trinajstić information content (AvgIpc) is 2.88. The summed E-state index contributed by atoms with van der Waals surface area (Å²) in [7, 11) is 0. The van der Waals surface area contributed by atoms with Crippen molar-refractivity contribution in [2.75, 3.05) is 0 Å². The molecule has 3 rings (SSSR count). The van der Waals surface area contributed by atoms with E-state index in [0.29, 0.717) is 27.8 Å². The summed E-state index contributed by atoms with van der Waals surface area (Å²) in [5.41, 5.74) is 1.17. The SMILES string of the molecule is O=C(O)c1ccc2nc(COc3ccc(Cl)cc3)oc2c1. The van der Waals surface area contributed by atoms with E-state index < -0.39 is 5.97 Å². The smallest absolute Gasteiger partial charge is 0.335 e. The van der Waals surface area contributed by atoms with Gasteiger partial charge in [0, 0.05) is 5.02 Å². The second-order valence-electron chi connectivity index (χ2n) is 4.34. The van der Waals surface area contributed by atoms with Crippen molar-refractivity contribution in [1.29, 1.82) is 0 Å². The first-order valence-corrected chi connectivity index (χ1v) is 6.51. The minimum absolute atomic E-state index is 0.152. The Bertz CT molecular complexity index is 795. The number of aromatic nitrogens is 1. The highest BCUT2D eigenvalue weighted by atomic mass is 35.5. The fraction of sp³-hybridized carbons (Fsp3) is 0.0667. The zero-order valence-corrected chi connectivity index (χ0v) is 11.5. The largest absolute Gasteiger partial charge is 0.484 e. The van der Waals surface area contributed by atoms with E-state index in [9.17, 15) is 4.79 Å². The Balaban J connectivity index is 1.78. The third kappa shape index (κ3) is 2.98. The number of benzene rings is 2. The first-order valence-electron chi connectivity index (χ1n) is 6.13. The lowest BCUT2D eigenvalue weighted by Crippen LogP contribution is -1.95. The minimum atomic E-state index is -1.01. The third-order valence-electron chi connectivity index (χ3n) is 2.86. The molecule has 106 valence electrons. The molecule has 0 radical (unpaired) electrons. The predicted octanol–water partition coefficient (Wildman–Crippen LogP) is 3.76. The summed E-state index contributed by atoms with van der Waals surface area (Å²) in [4.78, 5) is 15.1. The number of carboxylic acid groups (broad SMARTS) is 1. The van der Waals surface area contributed by atoms with Gasteiger partial charge in [-0.1, -0.05) is 11.6 Å². The van der Waals surface area contributed by atoms with E-state index in [1.54, 1.807) is 30.3 Å². The first-order chi connectivity index (χ1) is 10.1. The molecule has 1 aromatic heterocycles. The molecule has 0 unspecified atom stereocenters. The molecule has 1 N–H and O–H groups in total. The van der Waals surface area contributed by atoms with Crippen LogP contribution >= 0.6 is 11.6 Å². The van der Waals surface area contributed by atoms with Crippen LogP contribution in [0.5, 0.6) is 5.75 Å². The number of fused-ring (bicyclic) bond motifs is 1. The lowest BCUT2D eigenvalue weighted by atomic mass is 10.2. The van der Waals surface area contributed by atoms with Gasteiger partial charge in [0.25, 0.3) is 0 Å². The highest BCUT2D eigenvalue weighted by molar-refractivity contribution is 6.30. The van der Waals surface area contributed by atoms with Crippen LogP contribution < -0.4 is 4.74 Å². The number of rotatable bonds is 4. The monoisotopic (exact) mass is 303 g/mol. The molecule has 0 aliphatic heterocycles. The zero-order chi connectivity index (χ0) is 14.8. The number of nitrogens with zero attached hydrogens (tertiary/aromatic N) is 1. The van der Waals surface area contributed by atoms with Gasteiger partial charge < -0.3 is 14.3 Å².